The summed E-state index contributed by atoms with van der Waals surface area (Å²) in [4.78, 5) is 18.5. The van der Waals surface area contributed by atoms with Crippen molar-refractivity contribution in [2.24, 2.45) is 0 Å². The van der Waals surface area contributed by atoms with Crippen molar-refractivity contribution in [2.45, 2.75) is 0 Å². The van der Waals surface area contributed by atoms with Crippen molar-refractivity contribution in [3.8, 4) is 0 Å². The van der Waals surface area contributed by atoms with Gasteiger partial charge in [-0.25, -0.2) is 24.3 Å². The first-order valence-corrected chi connectivity index (χ1v) is 8.61. The van der Waals surface area contributed by atoms with E-state index < -0.39 is 5.82 Å². The van der Waals surface area contributed by atoms with E-state index in [4.69, 9.17) is 4.98 Å². The normalized spacial score (nSPS) is 11.9. The predicted octanol–water partition coefficient (Wildman–Crippen LogP) is 5.17. The van der Waals surface area contributed by atoms with Crippen LogP contribution in [0.2, 0.25) is 0 Å². The van der Waals surface area contributed by atoms with E-state index in [9.17, 15) is 4.39 Å². The van der Waals surface area contributed by atoms with Gasteiger partial charge < -0.3 is 0 Å². The number of rotatable bonds is 0. The van der Waals surface area contributed by atoms with Crippen molar-refractivity contribution in [2.75, 3.05) is 0 Å². The van der Waals surface area contributed by atoms with Crippen molar-refractivity contribution in [3.63, 3.8) is 0 Å². The van der Waals surface area contributed by atoms with E-state index in [-0.39, 0.29) is 5.52 Å². The summed E-state index contributed by atoms with van der Waals surface area (Å²) in [6, 6.07) is 20.8. The fourth-order valence-corrected chi connectivity index (χ4v) is 3.55. The molecule has 0 spiro atoms. The van der Waals surface area contributed by atoms with Crippen LogP contribution in [0.25, 0.3) is 54.9 Å². The fourth-order valence-electron chi connectivity index (χ4n) is 3.55. The molecule has 0 atom stereocenters. The molecule has 0 bridgehead atoms. The van der Waals surface area contributed by atoms with Gasteiger partial charge in [-0.05, 0) is 35.0 Å². The van der Waals surface area contributed by atoms with Crippen LogP contribution in [0.3, 0.4) is 0 Å². The summed E-state index contributed by atoms with van der Waals surface area (Å²) in [6.45, 7) is 0. The van der Waals surface area contributed by atoms with Crippen LogP contribution in [0.4, 0.5) is 4.39 Å². The fraction of sp³-hybridized carbons (Fsp3) is 0. The molecule has 0 aliphatic rings. The SMILES string of the molecule is Fc1cc2nc3ccccc3nc2c2nc3cc4ccccc4cc3nc12. The topological polar surface area (TPSA) is 51.6 Å². The molecule has 0 N–H and O–H groups in total. The highest BCUT2D eigenvalue weighted by Crippen LogP contribution is 2.28. The number of nitrogens with zero attached hydrogens (tertiary/aromatic N) is 4. The molecule has 0 fully saturated rings. The van der Waals surface area contributed by atoms with E-state index in [0.717, 1.165) is 21.8 Å². The quantitative estimate of drug-likeness (QED) is 0.280. The standard InChI is InChI=1S/C22H11FN4/c23-14-11-19-21(25-16-8-4-3-7-15(16)24-19)22-20(14)26-17-9-12-5-1-2-6-13(12)10-18(17)27-22/h1-11H. The maximum absolute atomic E-state index is 14.8. The van der Waals surface area contributed by atoms with Crippen LogP contribution >= 0.6 is 0 Å². The molecule has 4 nitrogen and oxygen atoms in total. The summed E-state index contributed by atoms with van der Waals surface area (Å²) in [5.74, 6) is -0.440. The molecule has 4 aromatic carbocycles. The Labute approximate surface area is 152 Å². The molecule has 2 heterocycles. The maximum Gasteiger partial charge on any atom is 0.153 e. The van der Waals surface area contributed by atoms with Crippen LogP contribution in [0.15, 0.2) is 66.7 Å². The van der Waals surface area contributed by atoms with Crippen LogP contribution < -0.4 is 0 Å². The minimum Gasteiger partial charge on any atom is -0.244 e. The number of fused-ring (bicyclic) bond motifs is 6. The van der Waals surface area contributed by atoms with Gasteiger partial charge in [-0.2, -0.15) is 0 Å². The molecule has 6 aromatic rings. The van der Waals surface area contributed by atoms with Gasteiger partial charge in [0.2, 0.25) is 0 Å². The van der Waals surface area contributed by atoms with E-state index in [0.29, 0.717) is 27.6 Å². The molecule has 6 rings (SSSR count). The van der Waals surface area contributed by atoms with Gasteiger partial charge in [-0.15, -0.1) is 0 Å². The average Bonchev–Trinajstić information content (AvgIpc) is 2.70. The zero-order valence-electron chi connectivity index (χ0n) is 14.0. The van der Waals surface area contributed by atoms with Gasteiger partial charge in [0.1, 0.15) is 16.6 Å². The number of benzene rings is 4. The second-order valence-corrected chi connectivity index (χ2v) is 6.55. The smallest absolute Gasteiger partial charge is 0.153 e. The number of hydrogen-bond acceptors (Lipinski definition) is 4. The number of para-hydroxylation sites is 2. The van der Waals surface area contributed by atoms with Crippen molar-refractivity contribution < 1.29 is 4.39 Å². The Balaban J connectivity index is 1.81. The lowest BCUT2D eigenvalue weighted by Gasteiger charge is -2.07. The van der Waals surface area contributed by atoms with Crippen LogP contribution in [0, 0.1) is 5.82 Å². The third kappa shape index (κ3) is 2.08. The molecule has 0 radical (unpaired) electrons. The van der Waals surface area contributed by atoms with Gasteiger partial charge in [0.15, 0.2) is 5.82 Å². The summed E-state index contributed by atoms with van der Waals surface area (Å²) in [5.41, 5.74) is 4.54. The minimum absolute atomic E-state index is 0.217. The number of hydrogen-bond donors (Lipinski definition) is 0. The Morgan fingerprint density at radius 2 is 1.04 bits per heavy atom. The Morgan fingerprint density at radius 1 is 0.481 bits per heavy atom. The van der Waals surface area contributed by atoms with Gasteiger partial charge in [0.25, 0.3) is 0 Å². The third-order valence-electron chi connectivity index (χ3n) is 4.84. The summed E-state index contributed by atoms with van der Waals surface area (Å²) in [5, 5.41) is 2.11. The maximum atomic E-state index is 14.8. The monoisotopic (exact) mass is 350 g/mol. The first kappa shape index (κ1) is 14.4. The van der Waals surface area contributed by atoms with Gasteiger partial charge in [-0.3, -0.25) is 0 Å². The van der Waals surface area contributed by atoms with Crippen LogP contribution in [-0.4, -0.2) is 19.9 Å². The Bertz CT molecular complexity index is 1540. The van der Waals surface area contributed by atoms with Gasteiger partial charge >= 0.3 is 0 Å². The predicted molar refractivity (Wildman–Crippen MR) is 105 cm³/mol. The summed E-state index contributed by atoms with van der Waals surface area (Å²) in [6.07, 6.45) is 0. The molecule has 0 unspecified atom stereocenters. The van der Waals surface area contributed by atoms with E-state index in [1.807, 2.05) is 60.7 Å². The van der Waals surface area contributed by atoms with E-state index >= 15 is 0 Å². The van der Waals surface area contributed by atoms with Crippen LogP contribution in [0.1, 0.15) is 0 Å². The highest BCUT2D eigenvalue weighted by molar-refractivity contribution is 6.06. The van der Waals surface area contributed by atoms with E-state index in [1.54, 1.807) is 0 Å². The molecule has 0 aliphatic heterocycles. The Hall–Kier alpha value is -3.73. The van der Waals surface area contributed by atoms with Gasteiger partial charge in [-0.1, -0.05) is 36.4 Å². The van der Waals surface area contributed by atoms with Crippen molar-refractivity contribution in [3.05, 3.63) is 72.5 Å². The third-order valence-corrected chi connectivity index (χ3v) is 4.84. The highest BCUT2D eigenvalue weighted by Gasteiger charge is 2.14. The number of halogens is 1. The van der Waals surface area contributed by atoms with Crippen molar-refractivity contribution in [1.82, 2.24) is 19.9 Å². The lowest BCUT2D eigenvalue weighted by Crippen LogP contribution is -1.96. The molecule has 0 saturated carbocycles. The molecule has 0 aliphatic carbocycles. The molecule has 5 heteroatoms. The van der Waals surface area contributed by atoms with Crippen LogP contribution in [-0.2, 0) is 0 Å². The van der Waals surface area contributed by atoms with Gasteiger partial charge in [0.05, 0.1) is 27.6 Å². The Kier molecular flexibility index (Phi) is 2.75. The largest absolute Gasteiger partial charge is 0.244 e. The molecule has 2 aromatic heterocycles. The first-order chi connectivity index (χ1) is 13.3. The first-order valence-electron chi connectivity index (χ1n) is 8.61. The minimum atomic E-state index is -0.440. The zero-order valence-corrected chi connectivity index (χ0v) is 14.0. The average molecular weight is 350 g/mol. The second-order valence-electron chi connectivity index (χ2n) is 6.55. The van der Waals surface area contributed by atoms with Crippen molar-refractivity contribution in [1.29, 1.82) is 0 Å². The molecule has 0 amide bonds. The molecular weight excluding hydrogens is 339 g/mol. The summed E-state index contributed by atoms with van der Waals surface area (Å²) in [7, 11) is 0. The molecule has 27 heavy (non-hydrogen) atoms. The summed E-state index contributed by atoms with van der Waals surface area (Å²) < 4.78 is 14.8. The highest BCUT2D eigenvalue weighted by atomic mass is 19.1. The lowest BCUT2D eigenvalue weighted by molar-refractivity contribution is 0.638. The Morgan fingerprint density at radius 3 is 1.74 bits per heavy atom. The van der Waals surface area contributed by atoms with E-state index in [1.165, 1.54) is 6.07 Å². The number of aromatic nitrogens is 4. The zero-order chi connectivity index (χ0) is 18.0. The van der Waals surface area contributed by atoms with Crippen molar-refractivity contribution >= 4 is 54.9 Å². The summed E-state index contributed by atoms with van der Waals surface area (Å²) >= 11 is 0. The molecular formula is C22H11FN4. The van der Waals surface area contributed by atoms with Crippen LogP contribution in [0.5, 0.6) is 0 Å². The molecule has 126 valence electrons. The second kappa shape index (κ2) is 5.14. The van der Waals surface area contributed by atoms with Gasteiger partial charge in [0, 0.05) is 6.07 Å². The lowest BCUT2D eigenvalue weighted by atomic mass is 10.1. The van der Waals surface area contributed by atoms with E-state index in [2.05, 4.69) is 15.0 Å². The molecule has 0 saturated heterocycles.